The Morgan fingerprint density at radius 1 is 1.00 bits per heavy atom. The van der Waals surface area contributed by atoms with Crippen LogP contribution in [0.15, 0.2) is 66.7 Å². The maximum Gasteiger partial charge on any atom is 0.354 e. The van der Waals surface area contributed by atoms with E-state index in [1.807, 2.05) is 36.4 Å². The molecule has 6 nitrogen and oxygen atoms in total. The molecule has 8 heteroatoms. The summed E-state index contributed by atoms with van der Waals surface area (Å²) in [6, 6.07) is 19.8. The van der Waals surface area contributed by atoms with Gasteiger partial charge in [-0.05, 0) is 48.0 Å². The normalized spacial score (nSPS) is 16.9. The molecule has 0 saturated carbocycles. The van der Waals surface area contributed by atoms with Crippen LogP contribution in [0.1, 0.15) is 21.6 Å². The van der Waals surface area contributed by atoms with Gasteiger partial charge in [-0.3, -0.25) is 4.79 Å². The van der Waals surface area contributed by atoms with Crippen LogP contribution < -0.4 is 10.1 Å². The first-order valence-electron chi connectivity index (χ1n) is 10.5. The summed E-state index contributed by atoms with van der Waals surface area (Å²) in [5.41, 5.74) is 1.67. The number of carbonyl (C=O) groups excluding carboxylic acids is 2. The minimum absolute atomic E-state index is 0.235. The quantitative estimate of drug-likeness (QED) is 0.362. The summed E-state index contributed by atoms with van der Waals surface area (Å²) in [5.74, 6) is -0.262. The van der Waals surface area contributed by atoms with Gasteiger partial charge in [-0.25, -0.2) is 4.79 Å². The van der Waals surface area contributed by atoms with Crippen LogP contribution in [0, 0.1) is 0 Å². The van der Waals surface area contributed by atoms with Gasteiger partial charge in [0.2, 0.25) is 0 Å². The molecule has 0 bridgehead atoms. The van der Waals surface area contributed by atoms with Crippen LogP contribution in [-0.2, 0) is 21.5 Å². The van der Waals surface area contributed by atoms with Gasteiger partial charge in [0.05, 0.1) is 19.7 Å². The summed E-state index contributed by atoms with van der Waals surface area (Å²) in [4.78, 5) is 26.9. The molecule has 0 radical (unpaired) electrons. The molecule has 1 aliphatic heterocycles. The number of halogens is 2. The number of ether oxygens (including phenoxy) is 2. The molecule has 1 N–H and O–H groups in total. The fourth-order valence-electron chi connectivity index (χ4n) is 4.72. The maximum absolute atomic E-state index is 13.9. The Labute approximate surface area is 206 Å². The Balaban J connectivity index is 1.89. The van der Waals surface area contributed by atoms with Crippen LogP contribution in [-0.4, -0.2) is 30.7 Å². The number of esters is 1. The Bertz CT molecular complexity index is 1460. The Morgan fingerprint density at radius 3 is 2.53 bits per heavy atom. The highest BCUT2D eigenvalue weighted by Crippen LogP contribution is 2.46. The van der Waals surface area contributed by atoms with Crippen molar-refractivity contribution in [3.8, 4) is 5.75 Å². The van der Waals surface area contributed by atoms with Crippen molar-refractivity contribution in [1.29, 1.82) is 0 Å². The minimum Gasteiger partial charge on any atom is -0.497 e. The number of hydrogen-bond acceptors (Lipinski definition) is 4. The van der Waals surface area contributed by atoms with Crippen molar-refractivity contribution in [2.24, 2.45) is 0 Å². The number of anilines is 1. The zero-order valence-corrected chi connectivity index (χ0v) is 19.9. The van der Waals surface area contributed by atoms with Crippen LogP contribution >= 0.6 is 23.2 Å². The van der Waals surface area contributed by atoms with Crippen molar-refractivity contribution < 1.29 is 19.1 Å². The molecule has 0 saturated heterocycles. The average molecular weight is 495 g/mol. The Kier molecular flexibility index (Phi) is 5.50. The van der Waals surface area contributed by atoms with Crippen LogP contribution in [0.3, 0.4) is 0 Å². The SMILES string of the molecule is COC(=O)c1cc2ccc(OC)cc2n1C1(Cc2cccc(Cl)c2)C(=O)Nc2cc(Cl)ccc21. The highest BCUT2D eigenvalue weighted by atomic mass is 35.5. The number of benzene rings is 3. The van der Waals surface area contributed by atoms with Crippen LogP contribution in [0.2, 0.25) is 10.0 Å². The largest absolute Gasteiger partial charge is 0.497 e. The van der Waals surface area contributed by atoms with Gasteiger partial charge >= 0.3 is 5.97 Å². The monoisotopic (exact) mass is 494 g/mol. The number of nitrogens with zero attached hydrogens (tertiary/aromatic N) is 1. The van der Waals surface area contributed by atoms with E-state index in [1.54, 1.807) is 42.0 Å². The van der Waals surface area contributed by atoms with Gasteiger partial charge in [0, 0.05) is 39.2 Å². The lowest BCUT2D eigenvalue weighted by atomic mass is 9.84. The molecule has 172 valence electrons. The van der Waals surface area contributed by atoms with Crippen LogP contribution in [0.4, 0.5) is 5.69 Å². The Morgan fingerprint density at radius 2 is 1.79 bits per heavy atom. The highest BCUT2D eigenvalue weighted by molar-refractivity contribution is 6.31. The number of fused-ring (bicyclic) bond motifs is 2. The molecular formula is C26H20Cl2N2O4. The third-order valence-corrected chi connectivity index (χ3v) is 6.66. The van der Waals surface area contributed by atoms with Crippen LogP contribution in [0.5, 0.6) is 5.75 Å². The van der Waals surface area contributed by atoms with E-state index in [1.165, 1.54) is 7.11 Å². The second kappa shape index (κ2) is 8.38. The first-order valence-corrected chi connectivity index (χ1v) is 11.3. The van der Waals surface area contributed by atoms with E-state index in [0.717, 1.165) is 10.9 Å². The summed E-state index contributed by atoms with van der Waals surface area (Å²) in [7, 11) is 2.88. The van der Waals surface area contributed by atoms with Gasteiger partial charge in [0.1, 0.15) is 11.4 Å². The number of rotatable bonds is 5. The number of methoxy groups -OCH3 is 2. The van der Waals surface area contributed by atoms with Crippen molar-refractivity contribution in [2.75, 3.05) is 19.5 Å². The van der Waals surface area contributed by atoms with Gasteiger partial charge in [0.15, 0.2) is 5.54 Å². The molecule has 0 aliphatic carbocycles. The molecule has 1 unspecified atom stereocenters. The lowest BCUT2D eigenvalue weighted by molar-refractivity contribution is -0.121. The highest BCUT2D eigenvalue weighted by Gasteiger charge is 2.50. The molecule has 3 aromatic carbocycles. The fraction of sp³-hybridized carbons (Fsp3) is 0.154. The first-order chi connectivity index (χ1) is 16.4. The van der Waals surface area contributed by atoms with E-state index >= 15 is 0 Å². The summed E-state index contributed by atoms with van der Waals surface area (Å²) >= 11 is 12.5. The number of carbonyl (C=O) groups is 2. The molecule has 1 aromatic heterocycles. The minimum atomic E-state index is -1.32. The third-order valence-electron chi connectivity index (χ3n) is 6.19. The van der Waals surface area contributed by atoms with Gasteiger partial charge in [-0.15, -0.1) is 0 Å². The van der Waals surface area contributed by atoms with Gasteiger partial charge < -0.3 is 19.4 Å². The topological polar surface area (TPSA) is 69.6 Å². The number of aromatic nitrogens is 1. The zero-order valence-electron chi connectivity index (χ0n) is 18.4. The molecule has 2 heterocycles. The lowest BCUT2D eigenvalue weighted by Crippen LogP contribution is -2.45. The maximum atomic E-state index is 13.9. The summed E-state index contributed by atoms with van der Waals surface area (Å²) in [6.45, 7) is 0. The van der Waals surface area contributed by atoms with Crippen molar-refractivity contribution >= 4 is 51.7 Å². The molecule has 4 aromatic rings. The third kappa shape index (κ3) is 3.42. The Hall–Kier alpha value is -3.48. The lowest BCUT2D eigenvalue weighted by Gasteiger charge is -2.32. The predicted octanol–water partition coefficient (Wildman–Crippen LogP) is 5.68. The van der Waals surface area contributed by atoms with Crippen LogP contribution in [0.25, 0.3) is 10.9 Å². The molecule has 1 amide bonds. The first kappa shape index (κ1) is 22.3. The van der Waals surface area contributed by atoms with E-state index in [0.29, 0.717) is 32.6 Å². The molecule has 34 heavy (non-hydrogen) atoms. The molecule has 5 rings (SSSR count). The second-order valence-electron chi connectivity index (χ2n) is 8.09. The van der Waals surface area contributed by atoms with E-state index in [2.05, 4.69) is 5.32 Å². The number of nitrogens with one attached hydrogen (secondary N) is 1. The summed E-state index contributed by atoms with van der Waals surface area (Å²) in [5, 5.41) is 4.78. The molecule has 0 fully saturated rings. The van der Waals surface area contributed by atoms with Crippen molar-refractivity contribution in [1.82, 2.24) is 4.57 Å². The molecule has 1 aliphatic rings. The molecular weight excluding hydrogens is 475 g/mol. The van der Waals surface area contributed by atoms with Crippen molar-refractivity contribution in [3.05, 3.63) is 93.6 Å². The molecule has 1 atom stereocenters. The zero-order chi connectivity index (χ0) is 24.0. The van der Waals surface area contributed by atoms with E-state index in [9.17, 15) is 9.59 Å². The second-order valence-corrected chi connectivity index (χ2v) is 8.97. The smallest absolute Gasteiger partial charge is 0.354 e. The number of amides is 1. The molecule has 0 spiro atoms. The fourth-order valence-corrected chi connectivity index (χ4v) is 5.11. The average Bonchev–Trinajstić information content (AvgIpc) is 3.33. The standard InChI is InChI=1S/C26H20Cl2N2O4/c1-33-19-8-6-16-11-23(24(31)34-2)30(22(16)13-19)26(14-15-4-3-5-17(27)10-15)20-9-7-18(28)12-21(20)29-25(26)32/h3-13H,14H2,1-2H3,(H,29,32). The summed E-state index contributed by atoms with van der Waals surface area (Å²) in [6.07, 6.45) is 0.235. The number of hydrogen-bond donors (Lipinski definition) is 1. The van der Waals surface area contributed by atoms with E-state index in [-0.39, 0.29) is 18.0 Å². The van der Waals surface area contributed by atoms with E-state index < -0.39 is 11.5 Å². The van der Waals surface area contributed by atoms with Gasteiger partial charge in [0.25, 0.3) is 5.91 Å². The van der Waals surface area contributed by atoms with E-state index in [4.69, 9.17) is 32.7 Å². The predicted molar refractivity (Wildman–Crippen MR) is 132 cm³/mol. The summed E-state index contributed by atoms with van der Waals surface area (Å²) < 4.78 is 12.3. The van der Waals surface area contributed by atoms with Crippen molar-refractivity contribution in [2.45, 2.75) is 12.0 Å². The van der Waals surface area contributed by atoms with Crippen molar-refractivity contribution in [3.63, 3.8) is 0 Å². The van der Waals surface area contributed by atoms with Gasteiger partial charge in [-0.2, -0.15) is 0 Å². The van der Waals surface area contributed by atoms with Gasteiger partial charge in [-0.1, -0.05) is 41.4 Å².